The van der Waals surface area contributed by atoms with Gasteiger partial charge in [-0.1, -0.05) is 165 Å². The Kier molecular flexibility index (Phi) is 30.9. The molecule has 0 fully saturated rings. The maximum Gasteiger partial charge on any atom is 0.220 e. The third kappa shape index (κ3) is 28.2. The van der Waals surface area contributed by atoms with Crippen LogP contribution in [0.15, 0.2) is 48.6 Å². The van der Waals surface area contributed by atoms with E-state index in [2.05, 4.69) is 19.2 Å². The van der Waals surface area contributed by atoms with E-state index in [1.54, 1.807) is 24.3 Å². The minimum Gasteiger partial charge on any atom is -0.394 e. The first-order chi connectivity index (χ1) is 21.8. The molecule has 0 aromatic heterocycles. The van der Waals surface area contributed by atoms with E-state index in [0.29, 0.717) is 12.8 Å². The highest BCUT2D eigenvalue weighted by molar-refractivity contribution is 5.76. The van der Waals surface area contributed by atoms with Crippen molar-refractivity contribution in [2.24, 2.45) is 0 Å². The van der Waals surface area contributed by atoms with Gasteiger partial charge < -0.3 is 30.8 Å². The van der Waals surface area contributed by atoms with Gasteiger partial charge in [-0.05, 0) is 25.7 Å². The second kappa shape index (κ2) is 32.2. The van der Waals surface area contributed by atoms with Crippen molar-refractivity contribution < 1.29 is 30.3 Å². The van der Waals surface area contributed by atoms with E-state index < -0.39 is 30.5 Å². The van der Waals surface area contributed by atoms with Gasteiger partial charge in [-0.3, -0.25) is 4.79 Å². The van der Waals surface area contributed by atoms with Crippen LogP contribution < -0.4 is 5.32 Å². The van der Waals surface area contributed by atoms with Crippen LogP contribution >= 0.6 is 0 Å². The molecule has 1 amide bonds. The molecule has 0 aliphatic carbocycles. The van der Waals surface area contributed by atoms with E-state index in [9.17, 15) is 30.3 Å². The zero-order valence-electron chi connectivity index (χ0n) is 28.7. The number of nitrogens with one attached hydrogen (secondary N) is 1. The molecule has 0 saturated carbocycles. The summed E-state index contributed by atoms with van der Waals surface area (Å²) in [6, 6.07) is -0.694. The van der Waals surface area contributed by atoms with Gasteiger partial charge in [0.15, 0.2) is 0 Å². The number of amides is 1. The van der Waals surface area contributed by atoms with Gasteiger partial charge in [-0.2, -0.15) is 0 Å². The number of carbonyl (C=O) groups excluding carboxylic acids is 1. The topological polar surface area (TPSA) is 130 Å². The molecular weight excluding hydrogens is 566 g/mol. The van der Waals surface area contributed by atoms with Crippen molar-refractivity contribution in [1.29, 1.82) is 0 Å². The first kappa shape index (κ1) is 43.2. The fourth-order valence-corrected chi connectivity index (χ4v) is 5.21. The lowest BCUT2D eigenvalue weighted by atomic mass is 10.0. The SMILES string of the molecule is CCCCCCCCCCCCCCC[C@@H](O)[C@H](CO)NC(=O)CCC[C@H](O)[C@@H](O)/C=C/C=C/C=C\C=C\[C@@H](O)CCCCC. The van der Waals surface area contributed by atoms with E-state index in [0.717, 1.165) is 44.9 Å². The van der Waals surface area contributed by atoms with Crippen molar-refractivity contribution in [1.82, 2.24) is 5.32 Å². The fourth-order valence-electron chi connectivity index (χ4n) is 5.21. The Bertz CT molecular complexity index is 780. The normalized spacial score (nSPS) is 15.8. The van der Waals surface area contributed by atoms with Crippen LogP contribution in [-0.2, 0) is 4.79 Å². The van der Waals surface area contributed by atoms with Crippen molar-refractivity contribution >= 4 is 5.91 Å². The Balaban J connectivity index is 4.01. The predicted octanol–water partition coefficient (Wildman–Crippen LogP) is 7.36. The number of carbonyl (C=O) groups is 1. The van der Waals surface area contributed by atoms with Crippen LogP contribution in [-0.4, -0.2) is 68.5 Å². The number of rotatable bonds is 31. The Morgan fingerprint density at radius 2 is 1.00 bits per heavy atom. The average molecular weight is 636 g/mol. The van der Waals surface area contributed by atoms with E-state index >= 15 is 0 Å². The summed E-state index contributed by atoms with van der Waals surface area (Å²) in [6.07, 6.45) is 32.3. The van der Waals surface area contributed by atoms with Crippen LogP contribution in [0.5, 0.6) is 0 Å². The minimum absolute atomic E-state index is 0.140. The van der Waals surface area contributed by atoms with Crippen molar-refractivity contribution in [3.63, 3.8) is 0 Å². The van der Waals surface area contributed by atoms with Gasteiger partial charge in [0.05, 0.1) is 37.1 Å². The van der Waals surface area contributed by atoms with Crippen LogP contribution in [0.4, 0.5) is 0 Å². The summed E-state index contributed by atoms with van der Waals surface area (Å²) in [7, 11) is 0. The minimum atomic E-state index is -1.05. The Labute approximate surface area is 275 Å². The monoisotopic (exact) mass is 636 g/mol. The molecule has 7 heteroatoms. The third-order valence-electron chi connectivity index (χ3n) is 8.21. The molecular formula is C38H69NO6. The molecule has 45 heavy (non-hydrogen) atoms. The van der Waals surface area contributed by atoms with E-state index in [1.807, 2.05) is 18.2 Å². The fraction of sp³-hybridized carbons (Fsp3) is 0.763. The number of hydrogen-bond acceptors (Lipinski definition) is 6. The molecule has 0 radical (unpaired) electrons. The van der Waals surface area contributed by atoms with Crippen molar-refractivity contribution in [3.8, 4) is 0 Å². The molecule has 6 N–H and O–H groups in total. The van der Waals surface area contributed by atoms with E-state index in [4.69, 9.17) is 0 Å². The van der Waals surface area contributed by atoms with Crippen molar-refractivity contribution in [2.75, 3.05) is 6.61 Å². The molecule has 0 spiro atoms. The molecule has 0 unspecified atom stereocenters. The summed E-state index contributed by atoms with van der Waals surface area (Å²) in [5.74, 6) is -0.284. The molecule has 0 bridgehead atoms. The molecule has 0 aromatic carbocycles. The lowest BCUT2D eigenvalue weighted by molar-refractivity contribution is -0.123. The van der Waals surface area contributed by atoms with Crippen LogP contribution in [0.2, 0.25) is 0 Å². The maximum absolute atomic E-state index is 12.3. The van der Waals surface area contributed by atoms with Gasteiger partial charge in [0.2, 0.25) is 5.91 Å². The zero-order valence-corrected chi connectivity index (χ0v) is 28.7. The first-order valence-corrected chi connectivity index (χ1v) is 18.2. The smallest absolute Gasteiger partial charge is 0.220 e. The Morgan fingerprint density at radius 1 is 0.556 bits per heavy atom. The highest BCUT2D eigenvalue weighted by atomic mass is 16.3. The standard InChI is InChI=1S/C38H69NO6/c1-3-5-7-8-9-10-11-12-13-14-15-19-23-28-35(42)34(32-40)39-38(45)31-25-30-37(44)36(43)29-24-20-17-16-18-22-27-33(41)26-21-6-4-2/h16-18,20,22,24,27,29,33-37,40-44H,3-15,19,21,23,25-26,28,30-32H2,1-2H3,(H,39,45)/b18-16-,20-17+,27-22+,29-24+/t33-,34-,35+,36-,37-/m0/s1. The van der Waals surface area contributed by atoms with Crippen molar-refractivity contribution in [2.45, 2.75) is 179 Å². The predicted molar refractivity (Wildman–Crippen MR) is 188 cm³/mol. The Morgan fingerprint density at radius 3 is 1.56 bits per heavy atom. The molecule has 0 aliphatic heterocycles. The van der Waals surface area contributed by atoms with Gasteiger partial charge in [0, 0.05) is 6.42 Å². The van der Waals surface area contributed by atoms with E-state index in [-0.39, 0.29) is 25.4 Å². The third-order valence-corrected chi connectivity index (χ3v) is 8.21. The number of allylic oxidation sites excluding steroid dienone is 6. The summed E-state index contributed by atoms with van der Waals surface area (Å²) in [4.78, 5) is 12.3. The number of aliphatic hydroxyl groups excluding tert-OH is 5. The molecule has 5 atom stereocenters. The molecule has 7 nitrogen and oxygen atoms in total. The van der Waals surface area contributed by atoms with Crippen LogP contribution in [0.3, 0.4) is 0 Å². The summed E-state index contributed by atoms with van der Waals surface area (Å²) >= 11 is 0. The number of aliphatic hydroxyl groups is 5. The van der Waals surface area contributed by atoms with Gasteiger partial charge in [-0.25, -0.2) is 0 Å². The lowest BCUT2D eigenvalue weighted by Crippen LogP contribution is -2.45. The molecule has 0 heterocycles. The quantitative estimate of drug-likeness (QED) is 0.0349. The number of unbranched alkanes of at least 4 members (excludes halogenated alkanes) is 14. The van der Waals surface area contributed by atoms with E-state index in [1.165, 1.54) is 70.3 Å². The number of hydrogen-bond donors (Lipinski definition) is 6. The van der Waals surface area contributed by atoms with Crippen molar-refractivity contribution in [3.05, 3.63) is 48.6 Å². The van der Waals surface area contributed by atoms with Crippen LogP contribution in [0, 0.1) is 0 Å². The summed E-state index contributed by atoms with van der Waals surface area (Å²) in [5, 5.41) is 53.1. The zero-order chi connectivity index (χ0) is 33.4. The molecule has 0 rings (SSSR count). The van der Waals surface area contributed by atoms with Crippen LogP contribution in [0.25, 0.3) is 0 Å². The Hall–Kier alpha value is -1.77. The maximum atomic E-state index is 12.3. The molecule has 262 valence electrons. The van der Waals surface area contributed by atoms with Gasteiger partial charge in [0.1, 0.15) is 0 Å². The van der Waals surface area contributed by atoms with Gasteiger partial charge in [-0.15, -0.1) is 0 Å². The highest BCUT2D eigenvalue weighted by Gasteiger charge is 2.20. The summed E-state index contributed by atoms with van der Waals surface area (Å²) in [6.45, 7) is 4.06. The second-order valence-corrected chi connectivity index (χ2v) is 12.5. The largest absolute Gasteiger partial charge is 0.394 e. The highest BCUT2D eigenvalue weighted by Crippen LogP contribution is 2.14. The summed E-state index contributed by atoms with van der Waals surface area (Å²) in [5.41, 5.74) is 0. The van der Waals surface area contributed by atoms with Gasteiger partial charge in [0.25, 0.3) is 0 Å². The lowest BCUT2D eigenvalue weighted by Gasteiger charge is -2.22. The molecule has 0 aliphatic rings. The average Bonchev–Trinajstić information content (AvgIpc) is 3.03. The van der Waals surface area contributed by atoms with Gasteiger partial charge >= 0.3 is 0 Å². The molecule has 0 aromatic rings. The second-order valence-electron chi connectivity index (χ2n) is 12.5. The summed E-state index contributed by atoms with van der Waals surface area (Å²) < 4.78 is 0. The molecule has 0 saturated heterocycles. The first-order valence-electron chi connectivity index (χ1n) is 18.2. The van der Waals surface area contributed by atoms with Crippen LogP contribution in [0.1, 0.15) is 149 Å².